The maximum Gasteiger partial charge on any atom is 0.257 e. The van der Waals surface area contributed by atoms with Crippen molar-refractivity contribution in [3.63, 3.8) is 0 Å². The first-order valence-electron chi connectivity index (χ1n) is 9.39. The van der Waals surface area contributed by atoms with E-state index in [-0.39, 0.29) is 22.7 Å². The number of aryl methyl sites for hydroxylation is 1. The maximum absolute atomic E-state index is 13.0. The highest BCUT2D eigenvalue weighted by molar-refractivity contribution is 7.92. The molecule has 32 heavy (non-hydrogen) atoms. The van der Waals surface area contributed by atoms with Gasteiger partial charge in [-0.05, 0) is 37.3 Å². The van der Waals surface area contributed by atoms with E-state index in [0.717, 1.165) is 6.26 Å². The van der Waals surface area contributed by atoms with Crippen LogP contribution in [0, 0.1) is 6.92 Å². The molecule has 4 N–H and O–H groups in total. The summed E-state index contributed by atoms with van der Waals surface area (Å²) in [5, 5.41) is 5.26. The predicted octanol–water partition coefficient (Wildman–Crippen LogP) is 2.33. The molecule has 0 unspecified atom stereocenters. The van der Waals surface area contributed by atoms with Gasteiger partial charge < -0.3 is 15.6 Å². The Kier molecular flexibility index (Phi) is 6.40. The Hall–Kier alpha value is -3.99. The highest BCUT2D eigenvalue weighted by Gasteiger charge is 2.16. The van der Waals surface area contributed by atoms with E-state index in [1.54, 1.807) is 31.2 Å². The van der Waals surface area contributed by atoms with E-state index in [1.165, 1.54) is 31.2 Å². The van der Waals surface area contributed by atoms with Gasteiger partial charge in [-0.15, -0.1) is 0 Å². The minimum atomic E-state index is -3.65. The average Bonchev–Trinajstić information content (AvgIpc) is 2.67. The van der Waals surface area contributed by atoms with Crippen LogP contribution in [0.4, 0.5) is 17.1 Å². The Morgan fingerprint density at radius 2 is 1.72 bits per heavy atom. The number of aromatic nitrogens is 2. The van der Waals surface area contributed by atoms with Crippen LogP contribution in [0.5, 0.6) is 0 Å². The number of nitrogens with zero attached hydrogens (tertiary/aromatic N) is 1. The first kappa shape index (κ1) is 22.7. The van der Waals surface area contributed by atoms with Gasteiger partial charge in [0, 0.05) is 35.6 Å². The minimum absolute atomic E-state index is 0.00849. The fourth-order valence-electron chi connectivity index (χ4n) is 2.96. The van der Waals surface area contributed by atoms with Crippen molar-refractivity contribution in [2.75, 3.05) is 21.6 Å². The van der Waals surface area contributed by atoms with Crippen LogP contribution >= 0.6 is 0 Å². The van der Waals surface area contributed by atoms with E-state index in [2.05, 4.69) is 25.3 Å². The number of anilines is 3. The summed E-state index contributed by atoms with van der Waals surface area (Å²) in [6.07, 6.45) is 0.968. The Balaban J connectivity index is 1.95. The number of benzene rings is 2. The van der Waals surface area contributed by atoms with Crippen molar-refractivity contribution < 1.29 is 18.0 Å². The summed E-state index contributed by atoms with van der Waals surface area (Å²) < 4.78 is 25.7. The number of nitrogens with one attached hydrogen (secondary N) is 4. The molecule has 0 radical (unpaired) electrons. The Morgan fingerprint density at radius 1 is 1.00 bits per heavy atom. The lowest BCUT2D eigenvalue weighted by Crippen LogP contribution is -2.18. The molecule has 2 aromatic carbocycles. The van der Waals surface area contributed by atoms with Gasteiger partial charge in [0.1, 0.15) is 5.82 Å². The SMILES string of the molecule is CC(=O)Nc1ccc(NS(C)(=O)=O)c(C(=O)Nc2cccc(-c3nc(C)cc(=O)[nH]3)c2)c1. The molecule has 11 heteroatoms. The molecule has 1 heterocycles. The van der Waals surface area contributed by atoms with E-state index in [1.807, 2.05) is 0 Å². The number of carbonyl (C=O) groups is 2. The van der Waals surface area contributed by atoms with Gasteiger partial charge in [0.2, 0.25) is 15.9 Å². The van der Waals surface area contributed by atoms with Gasteiger partial charge in [0.15, 0.2) is 0 Å². The predicted molar refractivity (Wildman–Crippen MR) is 122 cm³/mol. The molecule has 0 aliphatic heterocycles. The van der Waals surface area contributed by atoms with Gasteiger partial charge in [0.05, 0.1) is 17.5 Å². The van der Waals surface area contributed by atoms with Gasteiger partial charge in [-0.25, -0.2) is 13.4 Å². The van der Waals surface area contributed by atoms with E-state index in [4.69, 9.17) is 0 Å². The van der Waals surface area contributed by atoms with Crippen LogP contribution < -0.4 is 20.9 Å². The van der Waals surface area contributed by atoms with E-state index in [9.17, 15) is 22.8 Å². The summed E-state index contributed by atoms with van der Waals surface area (Å²) in [6.45, 7) is 3.01. The van der Waals surface area contributed by atoms with Crippen molar-refractivity contribution in [3.8, 4) is 11.4 Å². The van der Waals surface area contributed by atoms with E-state index < -0.39 is 15.9 Å². The molecule has 0 fully saturated rings. The molecular weight excluding hydrogens is 434 g/mol. The monoisotopic (exact) mass is 455 g/mol. The molecule has 3 rings (SSSR count). The van der Waals surface area contributed by atoms with Crippen molar-refractivity contribution in [2.45, 2.75) is 13.8 Å². The first-order chi connectivity index (χ1) is 15.0. The Morgan fingerprint density at radius 3 is 2.38 bits per heavy atom. The summed E-state index contributed by atoms with van der Waals surface area (Å²) in [4.78, 5) is 43.0. The molecule has 0 saturated carbocycles. The van der Waals surface area contributed by atoms with Gasteiger partial charge in [-0.2, -0.15) is 0 Å². The molecule has 2 amide bonds. The van der Waals surface area contributed by atoms with Gasteiger partial charge in [-0.3, -0.25) is 19.1 Å². The summed E-state index contributed by atoms with van der Waals surface area (Å²) in [5.41, 5.74) is 1.61. The van der Waals surface area contributed by atoms with Gasteiger partial charge in [0.25, 0.3) is 11.5 Å². The summed E-state index contributed by atoms with van der Waals surface area (Å²) >= 11 is 0. The zero-order valence-corrected chi connectivity index (χ0v) is 18.3. The van der Waals surface area contributed by atoms with Crippen LogP contribution in [0.1, 0.15) is 23.0 Å². The number of amides is 2. The minimum Gasteiger partial charge on any atom is -0.326 e. The fourth-order valence-corrected chi connectivity index (χ4v) is 3.54. The van der Waals surface area contributed by atoms with Crippen LogP contribution in [0.15, 0.2) is 53.3 Å². The van der Waals surface area contributed by atoms with Crippen LogP contribution in [-0.2, 0) is 14.8 Å². The van der Waals surface area contributed by atoms with Crippen LogP contribution in [-0.4, -0.2) is 36.5 Å². The third-order valence-electron chi connectivity index (χ3n) is 4.14. The molecule has 0 saturated heterocycles. The number of rotatable bonds is 6. The van der Waals surface area contributed by atoms with Crippen molar-refractivity contribution in [1.82, 2.24) is 9.97 Å². The zero-order chi connectivity index (χ0) is 23.5. The summed E-state index contributed by atoms with van der Waals surface area (Å²) in [7, 11) is -3.65. The number of carbonyl (C=O) groups excluding carboxylic acids is 2. The molecule has 0 bridgehead atoms. The molecule has 166 valence electrons. The molecular formula is C21H21N5O5S. The molecule has 1 aromatic heterocycles. The summed E-state index contributed by atoms with van der Waals surface area (Å²) in [5.74, 6) is -0.600. The quantitative estimate of drug-likeness (QED) is 0.448. The molecule has 0 atom stereocenters. The maximum atomic E-state index is 13.0. The van der Waals surface area contributed by atoms with E-state index >= 15 is 0 Å². The van der Waals surface area contributed by atoms with E-state index in [0.29, 0.717) is 28.5 Å². The fraction of sp³-hybridized carbons (Fsp3) is 0.143. The number of hydrogen-bond donors (Lipinski definition) is 4. The second kappa shape index (κ2) is 9.02. The van der Waals surface area contributed by atoms with Crippen LogP contribution in [0.25, 0.3) is 11.4 Å². The standard InChI is InChI=1S/C21H21N5O5S/c1-12-9-19(28)25-20(22-12)14-5-4-6-15(10-14)24-21(29)17-11-16(23-13(2)27)7-8-18(17)26-32(3,30)31/h4-11,26H,1-3H3,(H,23,27)(H,24,29)(H,22,25,28). The lowest BCUT2D eigenvalue weighted by molar-refractivity contribution is -0.114. The lowest BCUT2D eigenvalue weighted by Gasteiger charge is -2.14. The third-order valence-corrected chi connectivity index (χ3v) is 4.73. The second-order valence-corrected chi connectivity index (χ2v) is 8.83. The normalized spacial score (nSPS) is 11.0. The van der Waals surface area contributed by atoms with Crippen molar-refractivity contribution >= 4 is 38.9 Å². The Labute approximate surface area is 184 Å². The molecule has 0 aliphatic rings. The number of sulfonamides is 1. The van der Waals surface area contributed by atoms with Gasteiger partial charge in [-0.1, -0.05) is 12.1 Å². The molecule has 0 aliphatic carbocycles. The lowest BCUT2D eigenvalue weighted by atomic mass is 10.1. The second-order valence-electron chi connectivity index (χ2n) is 7.09. The van der Waals surface area contributed by atoms with Crippen molar-refractivity contribution in [1.29, 1.82) is 0 Å². The zero-order valence-electron chi connectivity index (χ0n) is 17.5. The van der Waals surface area contributed by atoms with Crippen molar-refractivity contribution in [3.05, 3.63) is 70.1 Å². The largest absolute Gasteiger partial charge is 0.326 e. The highest BCUT2D eigenvalue weighted by Crippen LogP contribution is 2.24. The average molecular weight is 455 g/mol. The molecule has 10 nitrogen and oxygen atoms in total. The van der Waals surface area contributed by atoms with Crippen LogP contribution in [0.2, 0.25) is 0 Å². The summed E-state index contributed by atoms with van der Waals surface area (Å²) in [6, 6.07) is 12.3. The first-order valence-corrected chi connectivity index (χ1v) is 11.3. The Bertz CT molecular complexity index is 1360. The third kappa shape index (κ3) is 6.01. The molecule has 0 spiro atoms. The topological polar surface area (TPSA) is 150 Å². The molecule has 3 aromatic rings. The number of H-pyrrole nitrogens is 1. The van der Waals surface area contributed by atoms with Crippen LogP contribution in [0.3, 0.4) is 0 Å². The highest BCUT2D eigenvalue weighted by atomic mass is 32.2. The smallest absolute Gasteiger partial charge is 0.257 e. The number of aromatic amines is 1. The van der Waals surface area contributed by atoms with Gasteiger partial charge >= 0.3 is 0 Å². The van der Waals surface area contributed by atoms with Crippen molar-refractivity contribution in [2.24, 2.45) is 0 Å². The number of hydrogen-bond acceptors (Lipinski definition) is 6.